The molecule has 1 aliphatic rings. The molecule has 31 heavy (non-hydrogen) atoms. The standard InChI is InChI=1S/C24H17ClO6/c1-28-18-8-5-9-19(29-2)22(18)24(27)30-15-10-11-16-20(13-15)31-21(23(16)26)12-14-6-3-4-7-17(14)25/h3-13H,1-2H3. The van der Waals surface area contributed by atoms with Gasteiger partial charge in [0.1, 0.15) is 28.6 Å². The molecular weight excluding hydrogens is 420 g/mol. The second kappa shape index (κ2) is 8.53. The van der Waals surface area contributed by atoms with E-state index >= 15 is 0 Å². The molecule has 0 saturated carbocycles. The van der Waals surface area contributed by atoms with Gasteiger partial charge in [-0.25, -0.2) is 4.79 Å². The van der Waals surface area contributed by atoms with E-state index in [0.717, 1.165) is 0 Å². The molecule has 0 aliphatic carbocycles. The second-order valence-corrected chi connectivity index (χ2v) is 6.95. The quantitative estimate of drug-likeness (QED) is 0.311. The van der Waals surface area contributed by atoms with Crippen molar-refractivity contribution >= 4 is 29.4 Å². The third-order valence-electron chi connectivity index (χ3n) is 4.68. The van der Waals surface area contributed by atoms with Crippen molar-refractivity contribution in [3.8, 4) is 23.0 Å². The molecule has 0 saturated heterocycles. The second-order valence-electron chi connectivity index (χ2n) is 6.55. The van der Waals surface area contributed by atoms with Crippen molar-refractivity contribution < 1.29 is 28.5 Å². The average Bonchev–Trinajstić information content (AvgIpc) is 3.09. The van der Waals surface area contributed by atoms with Crippen LogP contribution in [-0.2, 0) is 0 Å². The monoisotopic (exact) mass is 436 g/mol. The fraction of sp³-hybridized carbons (Fsp3) is 0.0833. The van der Waals surface area contributed by atoms with Crippen LogP contribution in [0.25, 0.3) is 6.08 Å². The number of methoxy groups -OCH3 is 2. The predicted molar refractivity (Wildman–Crippen MR) is 115 cm³/mol. The molecule has 0 amide bonds. The molecule has 0 spiro atoms. The van der Waals surface area contributed by atoms with Crippen LogP contribution < -0.4 is 18.9 Å². The zero-order valence-corrected chi connectivity index (χ0v) is 17.4. The van der Waals surface area contributed by atoms with E-state index in [-0.39, 0.29) is 22.9 Å². The number of ether oxygens (including phenoxy) is 4. The molecule has 0 radical (unpaired) electrons. The molecule has 156 valence electrons. The highest BCUT2D eigenvalue weighted by Crippen LogP contribution is 2.36. The number of fused-ring (bicyclic) bond motifs is 1. The predicted octanol–water partition coefficient (Wildman–Crippen LogP) is 5.19. The summed E-state index contributed by atoms with van der Waals surface area (Å²) in [7, 11) is 2.90. The van der Waals surface area contributed by atoms with Crippen molar-refractivity contribution in [3.05, 3.63) is 88.1 Å². The Kier molecular flexibility index (Phi) is 5.64. The number of rotatable bonds is 5. The normalized spacial score (nSPS) is 13.5. The Morgan fingerprint density at radius 3 is 2.35 bits per heavy atom. The Morgan fingerprint density at radius 1 is 0.968 bits per heavy atom. The van der Waals surface area contributed by atoms with Crippen LogP contribution in [0.3, 0.4) is 0 Å². The molecular formula is C24H17ClO6. The lowest BCUT2D eigenvalue weighted by Crippen LogP contribution is -2.12. The molecule has 1 aliphatic heterocycles. The number of halogens is 1. The zero-order chi connectivity index (χ0) is 22.0. The summed E-state index contributed by atoms with van der Waals surface area (Å²) < 4.78 is 21.7. The number of Topliss-reactive ketones (excluding diaryl/α,β-unsaturated/α-hetero) is 1. The van der Waals surface area contributed by atoms with Gasteiger partial charge in [-0.15, -0.1) is 0 Å². The maximum absolute atomic E-state index is 12.8. The smallest absolute Gasteiger partial charge is 0.351 e. The van der Waals surface area contributed by atoms with Gasteiger partial charge in [-0.3, -0.25) is 4.79 Å². The van der Waals surface area contributed by atoms with Crippen LogP contribution >= 0.6 is 11.6 Å². The molecule has 4 rings (SSSR count). The molecule has 7 heteroatoms. The van der Waals surface area contributed by atoms with E-state index in [2.05, 4.69) is 0 Å². The molecule has 0 aromatic heterocycles. The molecule has 6 nitrogen and oxygen atoms in total. The molecule has 1 heterocycles. The molecule has 0 bridgehead atoms. The zero-order valence-electron chi connectivity index (χ0n) is 16.7. The number of hydrogen-bond acceptors (Lipinski definition) is 6. The summed E-state index contributed by atoms with van der Waals surface area (Å²) in [5.41, 5.74) is 1.19. The van der Waals surface area contributed by atoms with Crippen LogP contribution in [0.15, 0.2) is 66.4 Å². The fourth-order valence-electron chi connectivity index (χ4n) is 3.17. The van der Waals surface area contributed by atoms with Crippen molar-refractivity contribution in [1.82, 2.24) is 0 Å². The van der Waals surface area contributed by atoms with E-state index in [1.54, 1.807) is 48.5 Å². The Hall–Kier alpha value is -3.77. The van der Waals surface area contributed by atoms with E-state index in [4.69, 9.17) is 30.5 Å². The number of ketones is 1. The lowest BCUT2D eigenvalue weighted by atomic mass is 10.1. The van der Waals surface area contributed by atoms with Gasteiger partial charge in [0.05, 0.1) is 19.8 Å². The van der Waals surface area contributed by atoms with Gasteiger partial charge >= 0.3 is 5.97 Å². The highest BCUT2D eigenvalue weighted by molar-refractivity contribution is 6.32. The number of esters is 1. The van der Waals surface area contributed by atoms with Crippen LogP contribution in [0.2, 0.25) is 5.02 Å². The summed E-state index contributed by atoms with van der Waals surface area (Å²) in [6, 6.07) is 16.7. The Morgan fingerprint density at radius 2 is 1.68 bits per heavy atom. The number of carbonyl (C=O) groups is 2. The molecule has 3 aromatic carbocycles. The van der Waals surface area contributed by atoms with E-state index < -0.39 is 5.97 Å². The molecule has 0 atom stereocenters. The number of benzene rings is 3. The SMILES string of the molecule is COc1cccc(OC)c1C(=O)Oc1ccc2c(c1)OC(=Cc1ccccc1Cl)C2=O. The van der Waals surface area contributed by atoms with Gasteiger partial charge in [0.15, 0.2) is 5.76 Å². The van der Waals surface area contributed by atoms with E-state index in [9.17, 15) is 9.59 Å². The van der Waals surface area contributed by atoms with Crippen LogP contribution in [0.5, 0.6) is 23.0 Å². The summed E-state index contributed by atoms with van der Waals surface area (Å²) in [5, 5.41) is 0.503. The van der Waals surface area contributed by atoms with Gasteiger partial charge in [0.2, 0.25) is 5.78 Å². The van der Waals surface area contributed by atoms with Gasteiger partial charge in [0.25, 0.3) is 0 Å². The summed E-state index contributed by atoms with van der Waals surface area (Å²) in [6.45, 7) is 0. The van der Waals surface area contributed by atoms with Crippen molar-refractivity contribution in [2.75, 3.05) is 14.2 Å². The Balaban J connectivity index is 1.60. The minimum atomic E-state index is -0.662. The third-order valence-corrected chi connectivity index (χ3v) is 5.02. The minimum Gasteiger partial charge on any atom is -0.496 e. The number of allylic oxidation sites excluding steroid dienone is 1. The van der Waals surface area contributed by atoms with E-state index in [0.29, 0.717) is 33.4 Å². The van der Waals surface area contributed by atoms with E-state index in [1.807, 2.05) is 6.07 Å². The number of hydrogen-bond donors (Lipinski definition) is 0. The first-order valence-electron chi connectivity index (χ1n) is 9.28. The lowest BCUT2D eigenvalue weighted by Gasteiger charge is -2.12. The first kappa shape index (κ1) is 20.5. The average molecular weight is 437 g/mol. The van der Waals surface area contributed by atoms with Crippen LogP contribution in [0.1, 0.15) is 26.3 Å². The largest absolute Gasteiger partial charge is 0.496 e. The molecule has 0 unspecified atom stereocenters. The maximum atomic E-state index is 12.8. The van der Waals surface area contributed by atoms with Gasteiger partial charge < -0.3 is 18.9 Å². The maximum Gasteiger partial charge on any atom is 0.351 e. The topological polar surface area (TPSA) is 71.1 Å². The van der Waals surface area contributed by atoms with Crippen molar-refractivity contribution in [2.45, 2.75) is 0 Å². The Labute approximate surface area is 183 Å². The van der Waals surface area contributed by atoms with Crippen LogP contribution in [0, 0.1) is 0 Å². The fourth-order valence-corrected chi connectivity index (χ4v) is 3.36. The van der Waals surface area contributed by atoms with Gasteiger partial charge in [0, 0.05) is 11.1 Å². The summed E-state index contributed by atoms with van der Waals surface area (Å²) in [6.07, 6.45) is 1.58. The molecule has 0 N–H and O–H groups in total. The lowest BCUT2D eigenvalue weighted by molar-refractivity contribution is 0.0727. The minimum absolute atomic E-state index is 0.137. The highest BCUT2D eigenvalue weighted by atomic mass is 35.5. The van der Waals surface area contributed by atoms with Gasteiger partial charge in [-0.05, 0) is 42.0 Å². The summed E-state index contributed by atoms with van der Waals surface area (Å²) in [4.78, 5) is 25.4. The first-order valence-corrected chi connectivity index (χ1v) is 9.65. The van der Waals surface area contributed by atoms with Crippen molar-refractivity contribution in [1.29, 1.82) is 0 Å². The van der Waals surface area contributed by atoms with Crippen molar-refractivity contribution in [3.63, 3.8) is 0 Å². The summed E-state index contributed by atoms with van der Waals surface area (Å²) >= 11 is 6.16. The van der Waals surface area contributed by atoms with Crippen LogP contribution in [-0.4, -0.2) is 26.0 Å². The van der Waals surface area contributed by atoms with Crippen LogP contribution in [0.4, 0.5) is 0 Å². The molecule has 3 aromatic rings. The third kappa shape index (κ3) is 3.98. The first-order chi connectivity index (χ1) is 15.0. The summed E-state index contributed by atoms with van der Waals surface area (Å²) in [5.74, 6) is 0.343. The number of carbonyl (C=O) groups excluding carboxylic acids is 2. The molecule has 0 fully saturated rings. The van der Waals surface area contributed by atoms with Gasteiger partial charge in [-0.1, -0.05) is 35.9 Å². The Bertz CT molecular complexity index is 1190. The van der Waals surface area contributed by atoms with E-state index in [1.165, 1.54) is 26.4 Å². The highest BCUT2D eigenvalue weighted by Gasteiger charge is 2.29. The van der Waals surface area contributed by atoms with Crippen molar-refractivity contribution in [2.24, 2.45) is 0 Å². The van der Waals surface area contributed by atoms with Gasteiger partial charge in [-0.2, -0.15) is 0 Å².